The molecule has 3 rings (SSSR count). The summed E-state index contributed by atoms with van der Waals surface area (Å²) in [6.07, 6.45) is 5.48. The monoisotopic (exact) mass is 324 g/mol. The van der Waals surface area contributed by atoms with Crippen LogP contribution < -0.4 is 0 Å². The first-order valence-corrected chi connectivity index (χ1v) is 7.95. The molecule has 2 nitrogen and oxygen atoms in total. The van der Waals surface area contributed by atoms with Crippen LogP contribution in [-0.2, 0) is 4.79 Å². The number of carbonyl (C=O) groups is 1. The van der Waals surface area contributed by atoms with Gasteiger partial charge in [-0.25, -0.2) is 0 Å². The molecule has 0 aliphatic heterocycles. The third-order valence-corrected chi connectivity index (χ3v) is 3.87. The normalized spacial score (nSPS) is 18.2. The molecule has 1 aliphatic carbocycles. The minimum Gasteiger partial charge on any atom is -0.480 e. The van der Waals surface area contributed by atoms with Crippen molar-refractivity contribution in [3.05, 3.63) is 95.6 Å². The Labute approximate surface area is 147 Å². The van der Waals surface area contributed by atoms with E-state index in [1.807, 2.05) is 66.7 Å². The summed E-state index contributed by atoms with van der Waals surface area (Å²) in [5.74, 6) is 11.1. The van der Waals surface area contributed by atoms with Gasteiger partial charge in [-0.15, -0.1) is 0 Å². The van der Waals surface area contributed by atoms with Crippen LogP contribution in [0.3, 0.4) is 0 Å². The van der Waals surface area contributed by atoms with Crippen LogP contribution in [0, 0.1) is 29.1 Å². The first kappa shape index (κ1) is 16.4. The van der Waals surface area contributed by atoms with Gasteiger partial charge in [0.1, 0.15) is 0 Å². The molecule has 2 aromatic carbocycles. The molecule has 1 N–H and O–H groups in total. The summed E-state index contributed by atoms with van der Waals surface area (Å²) < 4.78 is 0. The van der Waals surface area contributed by atoms with E-state index < -0.39 is 11.4 Å². The average Bonchev–Trinajstić information content (AvgIpc) is 2.67. The Morgan fingerprint density at radius 2 is 1.48 bits per heavy atom. The first-order chi connectivity index (χ1) is 12.2. The zero-order valence-corrected chi connectivity index (χ0v) is 13.6. The van der Waals surface area contributed by atoms with E-state index in [0.717, 1.165) is 16.7 Å². The largest absolute Gasteiger partial charge is 0.480 e. The number of carboxylic acid groups (broad SMARTS) is 1. The maximum Gasteiger partial charge on any atom is 0.326 e. The molecule has 0 fully saturated rings. The highest BCUT2D eigenvalue weighted by Gasteiger charge is 2.36. The van der Waals surface area contributed by atoms with E-state index in [2.05, 4.69) is 23.7 Å². The van der Waals surface area contributed by atoms with Crippen LogP contribution in [0.25, 0.3) is 0 Å². The molecule has 1 unspecified atom stereocenters. The molecule has 0 saturated heterocycles. The lowest BCUT2D eigenvalue weighted by Crippen LogP contribution is -2.29. The van der Waals surface area contributed by atoms with Gasteiger partial charge in [0.2, 0.25) is 0 Å². The van der Waals surface area contributed by atoms with Crippen LogP contribution in [0.4, 0.5) is 0 Å². The molecule has 0 saturated carbocycles. The molecule has 2 heteroatoms. The average molecular weight is 324 g/mol. The van der Waals surface area contributed by atoms with Crippen LogP contribution in [0.1, 0.15) is 17.5 Å². The Bertz CT molecular complexity index is 945. The van der Waals surface area contributed by atoms with Crippen molar-refractivity contribution in [2.24, 2.45) is 5.41 Å². The van der Waals surface area contributed by atoms with Crippen molar-refractivity contribution in [3.8, 4) is 23.7 Å². The third-order valence-electron chi connectivity index (χ3n) is 3.87. The summed E-state index contributed by atoms with van der Waals surface area (Å²) in [5, 5.41) is 9.74. The number of hydrogen-bond acceptors (Lipinski definition) is 1. The summed E-state index contributed by atoms with van der Waals surface area (Å²) in [4.78, 5) is 11.9. The van der Waals surface area contributed by atoms with Gasteiger partial charge in [0, 0.05) is 23.1 Å². The lowest BCUT2D eigenvalue weighted by molar-refractivity contribution is -0.143. The second kappa shape index (κ2) is 7.39. The summed E-state index contributed by atoms with van der Waals surface area (Å²) in [7, 11) is 0. The standard InChI is InChI=1S/C23H16O2/c24-22(25)23(17-15-20-10-5-2-6-11-20)16-7-12-21(18-23)14-13-19-8-3-1-4-9-19/h1-12,16H,18H2,(H,24,25). The molecule has 1 atom stereocenters. The second-order valence-corrected chi connectivity index (χ2v) is 5.74. The summed E-state index contributed by atoms with van der Waals surface area (Å²) >= 11 is 0. The van der Waals surface area contributed by atoms with E-state index in [1.54, 1.807) is 12.2 Å². The summed E-state index contributed by atoms with van der Waals surface area (Å²) in [6, 6.07) is 19.0. The van der Waals surface area contributed by atoms with Crippen LogP contribution >= 0.6 is 0 Å². The van der Waals surface area contributed by atoms with E-state index in [1.165, 1.54) is 0 Å². The molecule has 0 spiro atoms. The topological polar surface area (TPSA) is 37.3 Å². The third kappa shape index (κ3) is 4.08. The zero-order valence-electron chi connectivity index (χ0n) is 13.6. The number of allylic oxidation sites excluding steroid dienone is 3. The van der Waals surface area contributed by atoms with Crippen molar-refractivity contribution < 1.29 is 9.90 Å². The Kier molecular flexibility index (Phi) is 4.84. The minimum atomic E-state index is -1.24. The quantitative estimate of drug-likeness (QED) is 0.804. The Morgan fingerprint density at radius 1 is 0.880 bits per heavy atom. The smallest absolute Gasteiger partial charge is 0.326 e. The molecule has 25 heavy (non-hydrogen) atoms. The highest BCUT2D eigenvalue weighted by atomic mass is 16.4. The SMILES string of the molecule is O=C(O)C1(C#Cc2ccccc2)C=CC=C(C#Cc2ccccc2)C1. The molecule has 0 heterocycles. The van der Waals surface area contributed by atoms with Crippen molar-refractivity contribution in [2.75, 3.05) is 0 Å². The minimum absolute atomic E-state index is 0.262. The van der Waals surface area contributed by atoms with Gasteiger partial charge >= 0.3 is 5.97 Å². The van der Waals surface area contributed by atoms with E-state index in [9.17, 15) is 9.90 Å². The second-order valence-electron chi connectivity index (χ2n) is 5.74. The van der Waals surface area contributed by atoms with Gasteiger partial charge in [-0.05, 0) is 24.3 Å². The van der Waals surface area contributed by atoms with Crippen LogP contribution in [0.2, 0.25) is 0 Å². The van der Waals surface area contributed by atoms with Crippen molar-refractivity contribution >= 4 is 5.97 Å². The number of benzene rings is 2. The molecule has 1 aliphatic rings. The maximum atomic E-state index is 11.9. The van der Waals surface area contributed by atoms with Gasteiger partial charge in [0.05, 0.1) is 0 Å². The van der Waals surface area contributed by atoms with Crippen molar-refractivity contribution in [1.82, 2.24) is 0 Å². The summed E-state index contributed by atoms with van der Waals surface area (Å²) in [5.41, 5.74) is 1.21. The molecule has 0 amide bonds. The summed E-state index contributed by atoms with van der Waals surface area (Å²) in [6.45, 7) is 0. The van der Waals surface area contributed by atoms with Crippen molar-refractivity contribution in [2.45, 2.75) is 6.42 Å². The molecule has 0 aromatic heterocycles. The van der Waals surface area contributed by atoms with Gasteiger partial charge in [0.25, 0.3) is 0 Å². The van der Waals surface area contributed by atoms with Gasteiger partial charge in [-0.1, -0.05) is 78.3 Å². The number of aliphatic carboxylic acids is 1. The zero-order chi connectivity index (χ0) is 17.5. The predicted octanol–water partition coefficient (Wildman–Crippen LogP) is 4.05. The molecule has 0 radical (unpaired) electrons. The fourth-order valence-electron chi connectivity index (χ4n) is 2.50. The first-order valence-electron chi connectivity index (χ1n) is 7.95. The number of hydrogen-bond donors (Lipinski definition) is 1. The Morgan fingerprint density at radius 3 is 2.08 bits per heavy atom. The molecular weight excluding hydrogens is 308 g/mol. The van der Waals surface area contributed by atoms with Gasteiger partial charge in [0.15, 0.2) is 5.41 Å². The molecular formula is C23H16O2. The van der Waals surface area contributed by atoms with Crippen LogP contribution in [-0.4, -0.2) is 11.1 Å². The fraction of sp³-hybridized carbons (Fsp3) is 0.0870. The number of rotatable bonds is 1. The van der Waals surface area contributed by atoms with Crippen LogP contribution in [0.15, 0.2) is 84.5 Å². The van der Waals surface area contributed by atoms with E-state index in [4.69, 9.17) is 0 Å². The lowest BCUT2D eigenvalue weighted by atomic mass is 9.78. The highest BCUT2D eigenvalue weighted by molar-refractivity contribution is 5.83. The van der Waals surface area contributed by atoms with Gasteiger partial charge in [-0.3, -0.25) is 4.79 Å². The van der Waals surface area contributed by atoms with Crippen molar-refractivity contribution in [1.29, 1.82) is 0 Å². The predicted molar refractivity (Wildman–Crippen MR) is 98.5 cm³/mol. The maximum absolute atomic E-state index is 11.9. The van der Waals surface area contributed by atoms with E-state index in [-0.39, 0.29) is 6.42 Å². The highest BCUT2D eigenvalue weighted by Crippen LogP contribution is 2.31. The van der Waals surface area contributed by atoms with Gasteiger partial charge in [-0.2, -0.15) is 0 Å². The van der Waals surface area contributed by atoms with Gasteiger partial charge < -0.3 is 5.11 Å². The van der Waals surface area contributed by atoms with E-state index >= 15 is 0 Å². The number of carboxylic acids is 1. The molecule has 2 aromatic rings. The molecule has 120 valence electrons. The lowest BCUT2D eigenvalue weighted by Gasteiger charge is -2.22. The van der Waals surface area contributed by atoms with Crippen LogP contribution in [0.5, 0.6) is 0 Å². The fourth-order valence-corrected chi connectivity index (χ4v) is 2.50. The van der Waals surface area contributed by atoms with Crippen molar-refractivity contribution in [3.63, 3.8) is 0 Å². The van der Waals surface area contributed by atoms with E-state index in [0.29, 0.717) is 0 Å². The Hall–Kier alpha value is -3.49. The Balaban J connectivity index is 1.87. The molecule has 0 bridgehead atoms.